The third kappa shape index (κ3) is 2.35. The van der Waals surface area contributed by atoms with Crippen molar-refractivity contribution in [3.63, 3.8) is 0 Å². The first kappa shape index (κ1) is 12.1. The number of methoxy groups -OCH3 is 1. The van der Waals surface area contributed by atoms with Crippen LogP contribution in [0.25, 0.3) is 0 Å². The predicted molar refractivity (Wildman–Crippen MR) is 63.8 cm³/mol. The molecule has 0 amide bonds. The molecule has 2 rings (SSSR count). The van der Waals surface area contributed by atoms with E-state index in [1.807, 2.05) is 4.90 Å². The number of pyridine rings is 1. The molecule has 0 spiro atoms. The van der Waals surface area contributed by atoms with E-state index in [0.717, 1.165) is 13.0 Å². The van der Waals surface area contributed by atoms with Gasteiger partial charge in [-0.3, -0.25) is 0 Å². The Morgan fingerprint density at radius 1 is 1.71 bits per heavy atom. The van der Waals surface area contributed by atoms with Gasteiger partial charge in [-0.2, -0.15) is 0 Å². The fourth-order valence-electron chi connectivity index (χ4n) is 1.93. The molecule has 1 aliphatic rings. The van der Waals surface area contributed by atoms with Crippen molar-refractivity contribution in [2.24, 2.45) is 0 Å². The SMILES string of the molecule is COC1CCN(c2nccc(C(=O)O)c2Cl)C1. The van der Waals surface area contributed by atoms with Gasteiger partial charge < -0.3 is 14.7 Å². The highest BCUT2D eigenvalue weighted by Crippen LogP contribution is 2.29. The Balaban J connectivity index is 2.28. The Morgan fingerprint density at radius 2 is 2.47 bits per heavy atom. The van der Waals surface area contributed by atoms with Gasteiger partial charge in [-0.25, -0.2) is 9.78 Å². The van der Waals surface area contributed by atoms with Crippen molar-refractivity contribution in [1.29, 1.82) is 0 Å². The second-order valence-electron chi connectivity index (χ2n) is 3.89. The number of nitrogens with zero attached hydrogens (tertiary/aromatic N) is 2. The van der Waals surface area contributed by atoms with Crippen molar-refractivity contribution in [1.82, 2.24) is 4.98 Å². The number of aromatic carboxylic acids is 1. The molecule has 1 unspecified atom stereocenters. The molecule has 1 N–H and O–H groups in total. The highest BCUT2D eigenvalue weighted by atomic mass is 35.5. The molecule has 1 saturated heterocycles. The Bertz CT molecular complexity index is 439. The number of hydrogen-bond donors (Lipinski definition) is 1. The first-order valence-corrected chi connectivity index (χ1v) is 5.67. The number of anilines is 1. The minimum absolute atomic E-state index is 0.0810. The first-order valence-electron chi connectivity index (χ1n) is 5.29. The van der Waals surface area contributed by atoms with Crippen LogP contribution < -0.4 is 4.90 Å². The zero-order valence-corrected chi connectivity index (χ0v) is 10.1. The van der Waals surface area contributed by atoms with E-state index in [4.69, 9.17) is 21.4 Å². The molecule has 1 aromatic heterocycles. The summed E-state index contributed by atoms with van der Waals surface area (Å²) in [6, 6.07) is 1.40. The van der Waals surface area contributed by atoms with Crippen molar-refractivity contribution in [3.05, 3.63) is 22.8 Å². The molecule has 2 heterocycles. The normalized spacial score (nSPS) is 19.6. The fraction of sp³-hybridized carbons (Fsp3) is 0.455. The van der Waals surface area contributed by atoms with E-state index in [1.54, 1.807) is 7.11 Å². The molecule has 6 heteroatoms. The summed E-state index contributed by atoms with van der Waals surface area (Å²) in [7, 11) is 1.66. The molecule has 0 aliphatic carbocycles. The first-order chi connectivity index (χ1) is 8.13. The number of hydrogen-bond acceptors (Lipinski definition) is 4. The van der Waals surface area contributed by atoms with Crippen LogP contribution in [-0.2, 0) is 4.74 Å². The van der Waals surface area contributed by atoms with Crippen LogP contribution in [0.15, 0.2) is 12.3 Å². The molecule has 5 nitrogen and oxygen atoms in total. The van der Waals surface area contributed by atoms with Crippen LogP contribution >= 0.6 is 11.6 Å². The maximum Gasteiger partial charge on any atom is 0.337 e. The average Bonchev–Trinajstić information content (AvgIpc) is 2.77. The molecule has 0 aromatic carbocycles. The number of carbonyl (C=O) groups is 1. The molecule has 1 atom stereocenters. The zero-order chi connectivity index (χ0) is 12.4. The Morgan fingerprint density at radius 3 is 3.06 bits per heavy atom. The highest BCUT2D eigenvalue weighted by molar-refractivity contribution is 6.35. The Labute approximate surface area is 104 Å². The Hall–Kier alpha value is -1.33. The maximum absolute atomic E-state index is 11.0. The third-order valence-corrected chi connectivity index (χ3v) is 3.25. The summed E-state index contributed by atoms with van der Waals surface area (Å²) in [6.45, 7) is 1.46. The van der Waals surface area contributed by atoms with Crippen molar-refractivity contribution in [2.45, 2.75) is 12.5 Å². The van der Waals surface area contributed by atoms with Crippen LogP contribution in [0.1, 0.15) is 16.8 Å². The van der Waals surface area contributed by atoms with Crippen LogP contribution in [0.2, 0.25) is 5.02 Å². The molecule has 0 bridgehead atoms. The lowest BCUT2D eigenvalue weighted by molar-refractivity contribution is 0.0697. The molecule has 17 heavy (non-hydrogen) atoms. The summed E-state index contributed by atoms with van der Waals surface area (Å²) in [4.78, 5) is 17.0. The van der Waals surface area contributed by atoms with Gasteiger partial charge >= 0.3 is 5.97 Å². The largest absolute Gasteiger partial charge is 0.478 e. The zero-order valence-electron chi connectivity index (χ0n) is 9.39. The van der Waals surface area contributed by atoms with Crippen LogP contribution in [0, 0.1) is 0 Å². The van der Waals surface area contributed by atoms with Crippen LogP contribution in [0.4, 0.5) is 5.82 Å². The van der Waals surface area contributed by atoms with Gasteiger partial charge in [0, 0.05) is 26.4 Å². The Kier molecular flexibility index (Phi) is 3.49. The molecule has 1 aromatic rings. The topological polar surface area (TPSA) is 62.7 Å². The van der Waals surface area contributed by atoms with Crippen LogP contribution in [-0.4, -0.2) is 42.4 Å². The summed E-state index contributed by atoms with van der Waals surface area (Å²) in [5.74, 6) is -0.521. The third-order valence-electron chi connectivity index (χ3n) is 2.88. The number of halogens is 1. The molecule has 1 aliphatic heterocycles. The molecule has 0 saturated carbocycles. The smallest absolute Gasteiger partial charge is 0.337 e. The number of carboxylic acid groups (broad SMARTS) is 1. The molecular formula is C11H13ClN2O3. The van der Waals surface area contributed by atoms with Crippen molar-refractivity contribution in [2.75, 3.05) is 25.1 Å². The second-order valence-corrected chi connectivity index (χ2v) is 4.27. The maximum atomic E-state index is 11.0. The van der Waals surface area contributed by atoms with E-state index in [0.29, 0.717) is 12.4 Å². The van der Waals surface area contributed by atoms with E-state index in [9.17, 15) is 4.79 Å². The van der Waals surface area contributed by atoms with Crippen LogP contribution in [0.5, 0.6) is 0 Å². The fourth-order valence-corrected chi connectivity index (χ4v) is 2.24. The average molecular weight is 257 g/mol. The quantitative estimate of drug-likeness (QED) is 0.891. The summed E-state index contributed by atoms with van der Waals surface area (Å²) in [6.07, 6.45) is 2.51. The monoisotopic (exact) mass is 256 g/mol. The van der Waals surface area contributed by atoms with Gasteiger partial charge in [0.15, 0.2) is 0 Å². The lowest BCUT2D eigenvalue weighted by Crippen LogP contribution is -2.23. The van der Waals surface area contributed by atoms with Gasteiger partial charge in [-0.05, 0) is 12.5 Å². The van der Waals surface area contributed by atoms with Gasteiger partial charge in [0.25, 0.3) is 0 Å². The molecule has 92 valence electrons. The van der Waals surface area contributed by atoms with Crippen molar-refractivity contribution < 1.29 is 14.6 Å². The van der Waals surface area contributed by atoms with Gasteiger partial charge in [0.1, 0.15) is 5.82 Å². The number of rotatable bonds is 3. The second kappa shape index (κ2) is 4.89. The van der Waals surface area contributed by atoms with E-state index >= 15 is 0 Å². The minimum Gasteiger partial charge on any atom is -0.478 e. The number of carboxylic acids is 1. The minimum atomic E-state index is -1.04. The summed E-state index contributed by atoms with van der Waals surface area (Å²) in [5.41, 5.74) is 0.0810. The summed E-state index contributed by atoms with van der Waals surface area (Å²) in [5, 5.41) is 9.17. The van der Waals surface area contributed by atoms with Gasteiger partial charge in [0.2, 0.25) is 0 Å². The lowest BCUT2D eigenvalue weighted by Gasteiger charge is -2.18. The summed E-state index contributed by atoms with van der Waals surface area (Å²) < 4.78 is 5.25. The standard InChI is InChI=1S/C11H13ClN2O3/c1-17-7-3-5-14(6-7)10-9(12)8(11(15)16)2-4-13-10/h2,4,7H,3,5-6H2,1H3,(H,15,16). The number of ether oxygens (including phenoxy) is 1. The molecule has 0 radical (unpaired) electrons. The van der Waals surface area contributed by atoms with Crippen LogP contribution in [0.3, 0.4) is 0 Å². The highest BCUT2D eigenvalue weighted by Gasteiger charge is 2.26. The van der Waals surface area contributed by atoms with E-state index < -0.39 is 5.97 Å². The van der Waals surface area contributed by atoms with E-state index in [-0.39, 0.29) is 16.7 Å². The van der Waals surface area contributed by atoms with Gasteiger partial charge in [-0.1, -0.05) is 11.6 Å². The summed E-state index contributed by atoms with van der Waals surface area (Å²) >= 11 is 6.05. The number of aromatic nitrogens is 1. The van der Waals surface area contributed by atoms with Crippen molar-refractivity contribution >= 4 is 23.4 Å². The molecular weight excluding hydrogens is 244 g/mol. The molecule has 1 fully saturated rings. The lowest BCUT2D eigenvalue weighted by atomic mass is 10.2. The predicted octanol–water partition coefficient (Wildman–Crippen LogP) is 1.66. The van der Waals surface area contributed by atoms with E-state index in [1.165, 1.54) is 12.3 Å². The van der Waals surface area contributed by atoms with E-state index in [2.05, 4.69) is 4.98 Å². The van der Waals surface area contributed by atoms with Gasteiger partial charge in [-0.15, -0.1) is 0 Å². The van der Waals surface area contributed by atoms with Crippen molar-refractivity contribution in [3.8, 4) is 0 Å². The van der Waals surface area contributed by atoms with Gasteiger partial charge in [0.05, 0.1) is 16.7 Å².